The van der Waals surface area contributed by atoms with Crippen LogP contribution in [0.5, 0.6) is 11.5 Å². The van der Waals surface area contributed by atoms with E-state index in [1.165, 1.54) is 16.7 Å². The van der Waals surface area contributed by atoms with Crippen LogP contribution in [0.15, 0.2) is 36.4 Å². The summed E-state index contributed by atoms with van der Waals surface area (Å²) in [7, 11) is 0. The Morgan fingerprint density at radius 2 is 1.77 bits per heavy atom. The molecule has 0 bridgehead atoms. The molecule has 0 aromatic heterocycles. The molecule has 1 aliphatic heterocycles. The highest BCUT2D eigenvalue weighted by molar-refractivity contribution is 5.78. The van der Waals surface area contributed by atoms with Crippen molar-refractivity contribution in [2.45, 2.75) is 27.2 Å². The lowest BCUT2D eigenvalue weighted by molar-refractivity contribution is -0.122. The fraction of sp³-hybridized carbons (Fsp3) is 0.458. The van der Waals surface area contributed by atoms with Crippen LogP contribution in [0.25, 0.3) is 0 Å². The SMILES string of the molecule is Cc1cc(C)c(C)c(OCCCNC(=O)CN2CCN(c3ccc(O)cc3)CC2)c1. The van der Waals surface area contributed by atoms with E-state index in [1.54, 1.807) is 12.1 Å². The highest BCUT2D eigenvalue weighted by atomic mass is 16.5. The van der Waals surface area contributed by atoms with Crippen LogP contribution < -0.4 is 15.0 Å². The standard InChI is InChI=1S/C24H33N3O3/c1-18-15-19(2)20(3)23(16-18)30-14-4-9-25-24(29)17-26-10-12-27(13-11-26)21-5-7-22(28)8-6-21/h5-8,15-16,28H,4,9-14,17H2,1-3H3,(H,25,29). The number of nitrogens with zero attached hydrogens (tertiary/aromatic N) is 2. The molecule has 1 heterocycles. The molecule has 0 spiro atoms. The number of hydrogen-bond acceptors (Lipinski definition) is 5. The van der Waals surface area contributed by atoms with E-state index in [2.05, 4.69) is 48.0 Å². The number of phenolic OH excluding ortho intramolecular Hbond substituents is 1. The number of aromatic hydroxyl groups is 1. The number of carbonyl (C=O) groups excluding carboxylic acids is 1. The second kappa shape index (κ2) is 10.3. The first-order valence-corrected chi connectivity index (χ1v) is 10.7. The van der Waals surface area contributed by atoms with E-state index in [-0.39, 0.29) is 11.7 Å². The molecule has 1 aliphatic rings. The number of aryl methyl sites for hydroxylation is 2. The Bertz CT molecular complexity index is 844. The molecule has 6 heteroatoms. The molecule has 0 atom stereocenters. The van der Waals surface area contributed by atoms with E-state index in [1.807, 2.05) is 12.1 Å². The van der Waals surface area contributed by atoms with Gasteiger partial charge in [0, 0.05) is 38.4 Å². The van der Waals surface area contributed by atoms with Gasteiger partial charge in [-0.1, -0.05) is 6.07 Å². The summed E-state index contributed by atoms with van der Waals surface area (Å²) in [4.78, 5) is 16.7. The monoisotopic (exact) mass is 411 g/mol. The van der Waals surface area contributed by atoms with Crippen molar-refractivity contribution in [2.75, 3.05) is 50.8 Å². The van der Waals surface area contributed by atoms with Crippen molar-refractivity contribution in [2.24, 2.45) is 0 Å². The Morgan fingerprint density at radius 3 is 2.47 bits per heavy atom. The summed E-state index contributed by atoms with van der Waals surface area (Å²) in [6.45, 7) is 11.3. The molecule has 1 fully saturated rings. The van der Waals surface area contributed by atoms with Crippen molar-refractivity contribution in [3.05, 3.63) is 53.1 Å². The van der Waals surface area contributed by atoms with Crippen molar-refractivity contribution >= 4 is 11.6 Å². The zero-order valence-electron chi connectivity index (χ0n) is 18.3. The van der Waals surface area contributed by atoms with Gasteiger partial charge in [-0.3, -0.25) is 9.69 Å². The van der Waals surface area contributed by atoms with Crippen LogP contribution >= 0.6 is 0 Å². The first-order chi connectivity index (χ1) is 14.4. The van der Waals surface area contributed by atoms with Crippen LogP contribution in [0.4, 0.5) is 5.69 Å². The van der Waals surface area contributed by atoms with Crippen LogP contribution in [-0.4, -0.2) is 61.8 Å². The molecule has 3 rings (SSSR count). The number of rotatable bonds is 8. The minimum Gasteiger partial charge on any atom is -0.508 e. The van der Waals surface area contributed by atoms with E-state index in [0.29, 0.717) is 19.7 Å². The van der Waals surface area contributed by atoms with Crippen molar-refractivity contribution in [1.29, 1.82) is 0 Å². The molecule has 0 saturated carbocycles. The lowest BCUT2D eigenvalue weighted by Gasteiger charge is -2.35. The summed E-state index contributed by atoms with van der Waals surface area (Å²) in [5, 5.41) is 12.4. The number of hydrogen-bond donors (Lipinski definition) is 2. The van der Waals surface area contributed by atoms with Crippen LogP contribution in [0.2, 0.25) is 0 Å². The van der Waals surface area contributed by atoms with E-state index < -0.39 is 0 Å². The van der Waals surface area contributed by atoms with Gasteiger partial charge in [0.2, 0.25) is 5.91 Å². The molecule has 2 aromatic carbocycles. The number of ether oxygens (including phenoxy) is 1. The molecule has 2 aromatic rings. The highest BCUT2D eigenvalue weighted by Gasteiger charge is 2.19. The van der Waals surface area contributed by atoms with Crippen LogP contribution in [0.1, 0.15) is 23.1 Å². The molecular weight excluding hydrogens is 378 g/mol. The minimum atomic E-state index is 0.0654. The second-order valence-corrected chi connectivity index (χ2v) is 8.04. The van der Waals surface area contributed by atoms with E-state index in [4.69, 9.17) is 4.74 Å². The number of phenols is 1. The van der Waals surface area contributed by atoms with Crippen molar-refractivity contribution in [3.63, 3.8) is 0 Å². The van der Waals surface area contributed by atoms with Gasteiger partial charge in [0.25, 0.3) is 0 Å². The predicted molar refractivity (Wildman–Crippen MR) is 121 cm³/mol. The van der Waals surface area contributed by atoms with Gasteiger partial charge in [0.1, 0.15) is 11.5 Å². The fourth-order valence-corrected chi connectivity index (χ4v) is 3.72. The molecular formula is C24H33N3O3. The summed E-state index contributed by atoms with van der Waals surface area (Å²) in [6, 6.07) is 11.5. The maximum atomic E-state index is 12.2. The molecule has 1 amide bonds. The third-order valence-corrected chi connectivity index (χ3v) is 5.62. The number of carbonyl (C=O) groups is 1. The number of nitrogens with one attached hydrogen (secondary N) is 1. The van der Waals surface area contributed by atoms with E-state index in [9.17, 15) is 9.90 Å². The number of piperazine rings is 1. The lowest BCUT2D eigenvalue weighted by Crippen LogP contribution is -2.49. The quantitative estimate of drug-likeness (QED) is 0.654. The molecule has 0 radical (unpaired) electrons. The largest absolute Gasteiger partial charge is 0.508 e. The summed E-state index contributed by atoms with van der Waals surface area (Å²) in [5.41, 5.74) is 4.72. The molecule has 0 aliphatic carbocycles. The third kappa shape index (κ3) is 6.13. The summed E-state index contributed by atoms with van der Waals surface area (Å²) >= 11 is 0. The maximum absolute atomic E-state index is 12.2. The zero-order valence-corrected chi connectivity index (χ0v) is 18.3. The van der Waals surface area contributed by atoms with Gasteiger partial charge in [-0.05, 0) is 74.2 Å². The van der Waals surface area contributed by atoms with Gasteiger partial charge in [-0.25, -0.2) is 0 Å². The number of anilines is 1. The zero-order chi connectivity index (χ0) is 21.5. The predicted octanol–water partition coefficient (Wildman–Crippen LogP) is 3.02. The van der Waals surface area contributed by atoms with Crippen molar-refractivity contribution in [3.8, 4) is 11.5 Å². The van der Waals surface area contributed by atoms with Crippen LogP contribution in [-0.2, 0) is 4.79 Å². The van der Waals surface area contributed by atoms with Gasteiger partial charge >= 0.3 is 0 Å². The molecule has 30 heavy (non-hydrogen) atoms. The lowest BCUT2D eigenvalue weighted by atomic mass is 10.1. The smallest absolute Gasteiger partial charge is 0.234 e. The van der Waals surface area contributed by atoms with Crippen LogP contribution in [0, 0.1) is 20.8 Å². The molecule has 1 saturated heterocycles. The molecule has 0 unspecified atom stereocenters. The van der Waals surface area contributed by atoms with E-state index >= 15 is 0 Å². The van der Waals surface area contributed by atoms with Crippen LogP contribution in [0.3, 0.4) is 0 Å². The van der Waals surface area contributed by atoms with E-state index in [0.717, 1.165) is 44.0 Å². The Morgan fingerprint density at radius 1 is 1.07 bits per heavy atom. The molecule has 6 nitrogen and oxygen atoms in total. The Kier molecular flexibility index (Phi) is 7.57. The van der Waals surface area contributed by atoms with Gasteiger partial charge in [-0.2, -0.15) is 0 Å². The van der Waals surface area contributed by atoms with Gasteiger partial charge in [-0.15, -0.1) is 0 Å². The first-order valence-electron chi connectivity index (χ1n) is 10.7. The molecule has 2 N–H and O–H groups in total. The second-order valence-electron chi connectivity index (χ2n) is 8.04. The normalized spacial score (nSPS) is 14.6. The maximum Gasteiger partial charge on any atom is 0.234 e. The summed E-state index contributed by atoms with van der Waals surface area (Å²) in [6.07, 6.45) is 0.785. The Balaban J connectivity index is 1.31. The average molecular weight is 412 g/mol. The third-order valence-electron chi connectivity index (χ3n) is 5.62. The van der Waals surface area contributed by atoms with Gasteiger partial charge < -0.3 is 20.1 Å². The van der Waals surface area contributed by atoms with Crippen molar-refractivity contribution < 1.29 is 14.6 Å². The van der Waals surface area contributed by atoms with Gasteiger partial charge in [0.15, 0.2) is 0 Å². The fourth-order valence-electron chi connectivity index (χ4n) is 3.72. The Labute approximate surface area is 179 Å². The minimum absolute atomic E-state index is 0.0654. The number of benzene rings is 2. The first kappa shape index (κ1) is 22.0. The summed E-state index contributed by atoms with van der Waals surface area (Å²) in [5.74, 6) is 1.28. The van der Waals surface area contributed by atoms with Gasteiger partial charge in [0.05, 0.1) is 13.2 Å². The number of amides is 1. The Hall–Kier alpha value is -2.73. The average Bonchev–Trinajstić information content (AvgIpc) is 2.72. The summed E-state index contributed by atoms with van der Waals surface area (Å²) < 4.78 is 5.91. The molecule has 162 valence electrons. The highest BCUT2D eigenvalue weighted by Crippen LogP contribution is 2.23. The topological polar surface area (TPSA) is 65.0 Å². The van der Waals surface area contributed by atoms with Crippen molar-refractivity contribution in [1.82, 2.24) is 10.2 Å².